The summed E-state index contributed by atoms with van der Waals surface area (Å²) in [4.78, 5) is 12.4. The van der Waals surface area contributed by atoms with E-state index in [2.05, 4.69) is 0 Å². The molecule has 3 rings (SSSR count). The van der Waals surface area contributed by atoms with Crippen LogP contribution in [0.1, 0.15) is 16.7 Å². The third kappa shape index (κ3) is 2.30. The molecule has 0 saturated heterocycles. The molecule has 118 valence electrons. The first kappa shape index (κ1) is 15.0. The van der Waals surface area contributed by atoms with E-state index in [4.69, 9.17) is 4.42 Å². The molecular weight excluding hydrogens is 296 g/mol. The maximum atomic E-state index is 12.4. The van der Waals surface area contributed by atoms with Crippen LogP contribution < -0.4 is 5.43 Å². The largest absolute Gasteiger partial charge is 0.508 e. The zero-order valence-electron chi connectivity index (χ0n) is 13.0. The fraction of sp³-hybridized carbons (Fsp3) is 0.167. The van der Waals surface area contributed by atoms with E-state index in [0.29, 0.717) is 11.1 Å². The standard InChI is InChI=1S/C18H16O5/c1-8-4-13(20)15-14(5-8)23-18(17(22)16(15)21)11-6-9(2)10(3)12(19)7-11/h4-7,19-20,22H,1-3H3. The third-order valence-electron chi connectivity index (χ3n) is 4.00. The Morgan fingerprint density at radius 1 is 0.913 bits per heavy atom. The van der Waals surface area contributed by atoms with E-state index in [1.807, 2.05) is 6.92 Å². The Bertz CT molecular complexity index is 975. The van der Waals surface area contributed by atoms with E-state index in [9.17, 15) is 20.1 Å². The predicted octanol–water partition coefficient (Wildman–Crippen LogP) is 3.50. The SMILES string of the molecule is Cc1cc(O)c2c(=O)c(O)c(-c3cc(C)c(C)c(O)c3)oc2c1. The minimum absolute atomic E-state index is 0.0362. The first-order valence-corrected chi connectivity index (χ1v) is 7.09. The van der Waals surface area contributed by atoms with Gasteiger partial charge in [-0.1, -0.05) is 0 Å². The number of fused-ring (bicyclic) bond motifs is 1. The molecule has 0 saturated carbocycles. The van der Waals surface area contributed by atoms with E-state index >= 15 is 0 Å². The Labute approximate surface area is 132 Å². The highest BCUT2D eigenvalue weighted by molar-refractivity contribution is 5.87. The van der Waals surface area contributed by atoms with Gasteiger partial charge >= 0.3 is 0 Å². The number of aromatic hydroxyl groups is 3. The summed E-state index contributed by atoms with van der Waals surface area (Å²) in [5, 5.41) is 30.0. The normalized spacial score (nSPS) is 11.1. The van der Waals surface area contributed by atoms with Gasteiger partial charge in [-0.15, -0.1) is 0 Å². The Kier molecular flexibility index (Phi) is 3.29. The van der Waals surface area contributed by atoms with Crippen LogP contribution in [0, 0.1) is 20.8 Å². The molecule has 0 atom stereocenters. The molecule has 0 amide bonds. The molecule has 1 heterocycles. The van der Waals surface area contributed by atoms with E-state index in [0.717, 1.165) is 11.1 Å². The second-order valence-corrected chi connectivity index (χ2v) is 5.70. The van der Waals surface area contributed by atoms with Crippen LogP contribution in [0.4, 0.5) is 0 Å². The lowest BCUT2D eigenvalue weighted by Gasteiger charge is -2.10. The molecule has 3 N–H and O–H groups in total. The molecule has 1 aromatic heterocycles. The van der Waals surface area contributed by atoms with E-state index in [1.54, 1.807) is 26.0 Å². The van der Waals surface area contributed by atoms with Crippen molar-refractivity contribution in [1.29, 1.82) is 0 Å². The molecule has 0 spiro atoms. The lowest BCUT2D eigenvalue weighted by atomic mass is 10.0. The summed E-state index contributed by atoms with van der Waals surface area (Å²) >= 11 is 0. The fourth-order valence-corrected chi connectivity index (χ4v) is 2.59. The number of benzene rings is 2. The smallest absolute Gasteiger partial charge is 0.238 e. The number of aryl methyl sites for hydroxylation is 2. The molecule has 0 aliphatic rings. The zero-order chi connectivity index (χ0) is 16.9. The van der Waals surface area contributed by atoms with E-state index in [-0.39, 0.29) is 28.2 Å². The van der Waals surface area contributed by atoms with Crippen LogP contribution in [-0.4, -0.2) is 15.3 Å². The number of rotatable bonds is 1. The van der Waals surface area contributed by atoms with Gasteiger partial charge < -0.3 is 19.7 Å². The second-order valence-electron chi connectivity index (χ2n) is 5.70. The number of hydrogen-bond acceptors (Lipinski definition) is 5. The van der Waals surface area contributed by atoms with Crippen LogP contribution in [0.25, 0.3) is 22.3 Å². The minimum Gasteiger partial charge on any atom is -0.508 e. The van der Waals surface area contributed by atoms with Gasteiger partial charge in [-0.3, -0.25) is 4.79 Å². The van der Waals surface area contributed by atoms with Crippen LogP contribution in [0.5, 0.6) is 17.2 Å². The fourth-order valence-electron chi connectivity index (χ4n) is 2.59. The van der Waals surface area contributed by atoms with Gasteiger partial charge in [0, 0.05) is 5.56 Å². The van der Waals surface area contributed by atoms with Crippen molar-refractivity contribution < 1.29 is 19.7 Å². The van der Waals surface area contributed by atoms with Gasteiger partial charge in [-0.05, 0) is 61.7 Å². The highest BCUT2D eigenvalue weighted by Gasteiger charge is 2.19. The summed E-state index contributed by atoms with van der Waals surface area (Å²) in [6, 6.07) is 6.19. The Morgan fingerprint density at radius 2 is 1.61 bits per heavy atom. The number of phenols is 2. The lowest BCUT2D eigenvalue weighted by Crippen LogP contribution is -2.03. The highest BCUT2D eigenvalue weighted by Crippen LogP contribution is 2.36. The third-order valence-corrected chi connectivity index (χ3v) is 4.00. The molecular formula is C18H16O5. The summed E-state index contributed by atoms with van der Waals surface area (Å²) in [7, 11) is 0. The molecule has 0 aliphatic heterocycles. The maximum absolute atomic E-state index is 12.4. The van der Waals surface area contributed by atoms with Crippen LogP contribution in [-0.2, 0) is 0 Å². The van der Waals surface area contributed by atoms with Crippen molar-refractivity contribution in [2.45, 2.75) is 20.8 Å². The van der Waals surface area contributed by atoms with E-state index in [1.165, 1.54) is 12.1 Å². The van der Waals surface area contributed by atoms with Crippen LogP contribution in [0.3, 0.4) is 0 Å². The van der Waals surface area contributed by atoms with Gasteiger partial charge in [-0.2, -0.15) is 0 Å². The van der Waals surface area contributed by atoms with Crippen molar-refractivity contribution in [2.75, 3.05) is 0 Å². The second kappa shape index (κ2) is 5.05. The van der Waals surface area contributed by atoms with Gasteiger partial charge in [-0.25, -0.2) is 0 Å². The van der Waals surface area contributed by atoms with Crippen molar-refractivity contribution >= 4 is 11.0 Å². The summed E-state index contributed by atoms with van der Waals surface area (Å²) in [5.74, 6) is -0.821. The molecule has 5 heteroatoms. The molecule has 0 bridgehead atoms. The molecule has 0 fully saturated rings. The van der Waals surface area contributed by atoms with Crippen molar-refractivity contribution in [3.05, 3.63) is 51.2 Å². The average Bonchev–Trinajstić information content (AvgIpc) is 2.47. The Balaban J connectivity index is 2.40. The molecule has 5 nitrogen and oxygen atoms in total. The lowest BCUT2D eigenvalue weighted by molar-refractivity contribution is 0.444. The van der Waals surface area contributed by atoms with Gasteiger partial charge in [0.1, 0.15) is 22.5 Å². The monoisotopic (exact) mass is 312 g/mol. The van der Waals surface area contributed by atoms with E-state index < -0.39 is 11.2 Å². The van der Waals surface area contributed by atoms with Gasteiger partial charge in [0.2, 0.25) is 11.2 Å². The predicted molar refractivity (Wildman–Crippen MR) is 87.1 cm³/mol. The Morgan fingerprint density at radius 3 is 2.26 bits per heavy atom. The average molecular weight is 312 g/mol. The van der Waals surface area contributed by atoms with Crippen molar-refractivity contribution in [2.24, 2.45) is 0 Å². The molecule has 2 aromatic carbocycles. The van der Waals surface area contributed by atoms with Crippen LogP contribution in [0.15, 0.2) is 33.5 Å². The van der Waals surface area contributed by atoms with Gasteiger partial charge in [0.25, 0.3) is 0 Å². The molecule has 23 heavy (non-hydrogen) atoms. The van der Waals surface area contributed by atoms with Gasteiger partial charge in [0.15, 0.2) is 5.76 Å². The van der Waals surface area contributed by atoms with Crippen molar-refractivity contribution in [1.82, 2.24) is 0 Å². The molecule has 0 radical (unpaired) electrons. The van der Waals surface area contributed by atoms with Crippen LogP contribution in [0.2, 0.25) is 0 Å². The maximum Gasteiger partial charge on any atom is 0.238 e. The first-order valence-electron chi connectivity index (χ1n) is 7.09. The number of hydrogen-bond donors (Lipinski definition) is 3. The minimum atomic E-state index is -0.712. The summed E-state index contributed by atoms with van der Waals surface area (Å²) < 4.78 is 5.65. The zero-order valence-corrected chi connectivity index (χ0v) is 13.0. The summed E-state index contributed by atoms with van der Waals surface area (Å²) in [6.45, 7) is 5.34. The molecule has 0 unspecified atom stereocenters. The van der Waals surface area contributed by atoms with Crippen LogP contribution >= 0.6 is 0 Å². The molecule has 3 aromatic rings. The highest BCUT2D eigenvalue weighted by atomic mass is 16.4. The molecule has 0 aliphatic carbocycles. The Hall–Kier alpha value is -2.95. The summed E-state index contributed by atoms with van der Waals surface area (Å²) in [6.07, 6.45) is 0. The van der Waals surface area contributed by atoms with Crippen molar-refractivity contribution in [3.63, 3.8) is 0 Å². The first-order chi connectivity index (χ1) is 10.8. The summed E-state index contributed by atoms with van der Waals surface area (Å²) in [5.41, 5.74) is 2.09. The number of phenolic OH excluding ortho intramolecular Hbond substituents is 2. The van der Waals surface area contributed by atoms with Crippen molar-refractivity contribution in [3.8, 4) is 28.6 Å². The quantitative estimate of drug-likeness (QED) is 0.639. The van der Waals surface area contributed by atoms with Gasteiger partial charge in [0.05, 0.1) is 0 Å². The topological polar surface area (TPSA) is 90.9 Å².